The van der Waals surface area contributed by atoms with Crippen LogP contribution in [0.4, 0.5) is 0 Å². The monoisotopic (exact) mass is 127 g/mol. The fourth-order valence-corrected chi connectivity index (χ4v) is 1.66. The topological polar surface area (TPSA) is 43.1 Å². The number of rotatable bonds is 0. The van der Waals surface area contributed by atoms with E-state index in [0.29, 0.717) is 0 Å². The van der Waals surface area contributed by atoms with E-state index in [1.54, 1.807) is 19.3 Å². The molecule has 0 spiro atoms. The normalized spacial score (nSPS) is 36.0. The lowest BCUT2D eigenvalue weighted by Crippen LogP contribution is -1.82. The van der Waals surface area contributed by atoms with E-state index in [-0.39, 0.29) is 6.41 Å². The Kier molecular flexibility index (Phi) is 2.09. The van der Waals surface area contributed by atoms with E-state index >= 15 is 0 Å². The van der Waals surface area contributed by atoms with E-state index in [2.05, 4.69) is 5.73 Å². The van der Waals surface area contributed by atoms with Crippen molar-refractivity contribution in [3.8, 4) is 0 Å². The zero-order chi connectivity index (χ0) is 6.69. The molecule has 0 heterocycles. The Morgan fingerprint density at radius 1 is 1.33 bits per heavy atom. The lowest BCUT2D eigenvalue weighted by Gasteiger charge is -1.80. The number of hydrogen-bond donors (Lipinski definition) is 1. The summed E-state index contributed by atoms with van der Waals surface area (Å²) in [6, 6.07) is 0. The van der Waals surface area contributed by atoms with Gasteiger partial charge in [0.25, 0.3) is 0 Å². The van der Waals surface area contributed by atoms with Gasteiger partial charge in [0.1, 0.15) is 0 Å². The molecule has 2 fully saturated rings. The first kappa shape index (κ1) is 6.59. The van der Waals surface area contributed by atoms with Crippen LogP contribution >= 0.6 is 0 Å². The predicted molar refractivity (Wildman–Crippen MR) is 35.7 cm³/mol. The summed E-state index contributed by atoms with van der Waals surface area (Å²) in [7, 11) is 0. The molecule has 2 atom stereocenters. The molecule has 2 saturated carbocycles. The molecule has 0 saturated heterocycles. The maximum atomic E-state index is 8.58. The molecule has 9 heavy (non-hydrogen) atoms. The standard InChI is InChI=1S/C6H10.CH3NO/c1-2-5-4-6(5)3-1;2-1-3/h5-6H,1-4H2;1H,(H2,2,3). The lowest BCUT2D eigenvalue weighted by molar-refractivity contribution is -0.106. The number of carbonyl (C=O) groups excluding carboxylic acids is 1. The van der Waals surface area contributed by atoms with Gasteiger partial charge in [0.15, 0.2) is 0 Å². The van der Waals surface area contributed by atoms with E-state index in [1.165, 1.54) is 18.3 Å². The molecule has 52 valence electrons. The van der Waals surface area contributed by atoms with Crippen molar-refractivity contribution in [3.63, 3.8) is 0 Å². The first-order valence-electron chi connectivity index (χ1n) is 3.54. The van der Waals surface area contributed by atoms with Crippen molar-refractivity contribution < 1.29 is 4.79 Å². The van der Waals surface area contributed by atoms with Crippen LogP contribution in [0.1, 0.15) is 25.7 Å². The molecule has 0 bridgehead atoms. The van der Waals surface area contributed by atoms with Gasteiger partial charge in [-0.2, -0.15) is 0 Å². The highest BCUT2D eigenvalue weighted by atomic mass is 16.1. The Balaban J connectivity index is 0.000000120. The van der Waals surface area contributed by atoms with Gasteiger partial charge in [-0.3, -0.25) is 4.79 Å². The van der Waals surface area contributed by atoms with E-state index in [4.69, 9.17) is 4.79 Å². The molecule has 2 aliphatic carbocycles. The van der Waals surface area contributed by atoms with Gasteiger partial charge in [-0.25, -0.2) is 0 Å². The van der Waals surface area contributed by atoms with Gasteiger partial charge in [-0.15, -0.1) is 0 Å². The summed E-state index contributed by atoms with van der Waals surface area (Å²) in [5, 5.41) is 0. The summed E-state index contributed by atoms with van der Waals surface area (Å²) in [4.78, 5) is 8.58. The third-order valence-corrected chi connectivity index (χ3v) is 2.22. The van der Waals surface area contributed by atoms with Crippen molar-refractivity contribution in [1.29, 1.82) is 0 Å². The van der Waals surface area contributed by atoms with Crippen LogP contribution < -0.4 is 5.73 Å². The third kappa shape index (κ3) is 1.70. The minimum Gasteiger partial charge on any atom is -0.372 e. The molecule has 2 unspecified atom stereocenters. The van der Waals surface area contributed by atoms with Crippen LogP contribution in [0.15, 0.2) is 0 Å². The molecule has 2 aliphatic rings. The molecular formula is C7H13NO. The quantitative estimate of drug-likeness (QED) is 0.483. The summed E-state index contributed by atoms with van der Waals surface area (Å²) in [6.07, 6.45) is 6.49. The molecule has 0 aromatic heterocycles. The Hall–Kier alpha value is -0.530. The minimum absolute atomic E-state index is 0.250. The average Bonchev–Trinajstić information content (AvgIpc) is 2.43. The fraction of sp³-hybridized carbons (Fsp3) is 0.857. The van der Waals surface area contributed by atoms with Gasteiger partial charge >= 0.3 is 0 Å². The van der Waals surface area contributed by atoms with Crippen LogP contribution in [0.3, 0.4) is 0 Å². The van der Waals surface area contributed by atoms with Crippen molar-refractivity contribution in [3.05, 3.63) is 0 Å². The minimum atomic E-state index is 0.250. The first-order chi connectivity index (χ1) is 4.38. The largest absolute Gasteiger partial charge is 0.372 e. The van der Waals surface area contributed by atoms with Gasteiger partial charge in [0, 0.05) is 0 Å². The van der Waals surface area contributed by atoms with Crippen LogP contribution in [0.25, 0.3) is 0 Å². The first-order valence-corrected chi connectivity index (χ1v) is 3.54. The van der Waals surface area contributed by atoms with Crippen LogP contribution in [0.5, 0.6) is 0 Å². The summed E-state index contributed by atoms with van der Waals surface area (Å²) in [5.74, 6) is 2.43. The highest BCUT2D eigenvalue weighted by Crippen LogP contribution is 2.51. The van der Waals surface area contributed by atoms with E-state index in [0.717, 1.165) is 0 Å². The number of hydrogen-bond acceptors (Lipinski definition) is 1. The van der Waals surface area contributed by atoms with Crippen molar-refractivity contribution in [2.24, 2.45) is 17.6 Å². The molecule has 1 amide bonds. The highest BCUT2D eigenvalue weighted by molar-refractivity contribution is 5.42. The molecule has 0 aromatic carbocycles. The second-order valence-electron chi connectivity index (χ2n) is 2.82. The molecule has 2 N–H and O–H groups in total. The summed E-state index contributed by atoms with van der Waals surface area (Å²) < 4.78 is 0. The highest BCUT2D eigenvalue weighted by Gasteiger charge is 2.40. The summed E-state index contributed by atoms with van der Waals surface area (Å²) in [6.45, 7) is 0. The number of fused-ring (bicyclic) bond motifs is 1. The third-order valence-electron chi connectivity index (χ3n) is 2.22. The zero-order valence-electron chi connectivity index (χ0n) is 5.55. The van der Waals surface area contributed by atoms with Gasteiger partial charge in [0.2, 0.25) is 6.41 Å². The fourth-order valence-electron chi connectivity index (χ4n) is 1.66. The van der Waals surface area contributed by atoms with Crippen LogP contribution in [0.2, 0.25) is 0 Å². The molecule has 2 nitrogen and oxygen atoms in total. The Bertz CT molecular complexity index is 95.1. The van der Waals surface area contributed by atoms with Crippen molar-refractivity contribution >= 4 is 6.41 Å². The number of primary amides is 1. The Labute approximate surface area is 55.4 Å². The maximum Gasteiger partial charge on any atom is 0.204 e. The van der Waals surface area contributed by atoms with Crippen LogP contribution in [-0.2, 0) is 4.79 Å². The van der Waals surface area contributed by atoms with Gasteiger partial charge in [-0.1, -0.05) is 19.3 Å². The number of amides is 1. The van der Waals surface area contributed by atoms with Gasteiger partial charge in [0.05, 0.1) is 0 Å². The van der Waals surface area contributed by atoms with Crippen molar-refractivity contribution in [2.45, 2.75) is 25.7 Å². The van der Waals surface area contributed by atoms with E-state index < -0.39 is 0 Å². The Morgan fingerprint density at radius 3 is 1.89 bits per heavy atom. The second kappa shape index (κ2) is 2.85. The maximum absolute atomic E-state index is 8.58. The lowest BCUT2D eigenvalue weighted by atomic mass is 10.3. The molecule has 0 radical (unpaired) electrons. The predicted octanol–water partition coefficient (Wildman–Crippen LogP) is 0.908. The Morgan fingerprint density at radius 2 is 1.78 bits per heavy atom. The summed E-state index contributed by atoms with van der Waals surface area (Å²) in [5.41, 5.74) is 4.17. The molecule has 2 rings (SSSR count). The average molecular weight is 127 g/mol. The van der Waals surface area contributed by atoms with E-state index in [9.17, 15) is 0 Å². The molecular weight excluding hydrogens is 114 g/mol. The van der Waals surface area contributed by atoms with Crippen LogP contribution in [-0.4, -0.2) is 6.41 Å². The van der Waals surface area contributed by atoms with Crippen molar-refractivity contribution in [1.82, 2.24) is 0 Å². The SMILES string of the molecule is C1CC2CC2C1.NC=O. The van der Waals surface area contributed by atoms with E-state index in [1.807, 2.05) is 0 Å². The smallest absolute Gasteiger partial charge is 0.204 e. The second-order valence-corrected chi connectivity index (χ2v) is 2.82. The number of nitrogens with two attached hydrogens (primary N) is 1. The van der Waals surface area contributed by atoms with Crippen LogP contribution in [0, 0.1) is 11.8 Å². The molecule has 0 aliphatic heterocycles. The molecule has 2 heteroatoms. The zero-order valence-corrected chi connectivity index (χ0v) is 5.55. The number of carbonyl (C=O) groups is 1. The van der Waals surface area contributed by atoms with Gasteiger partial charge < -0.3 is 5.73 Å². The summed E-state index contributed by atoms with van der Waals surface area (Å²) >= 11 is 0. The van der Waals surface area contributed by atoms with Crippen molar-refractivity contribution in [2.75, 3.05) is 0 Å². The van der Waals surface area contributed by atoms with Gasteiger partial charge in [-0.05, 0) is 18.3 Å². The molecule has 0 aromatic rings.